The highest BCUT2D eigenvalue weighted by atomic mass is 16.4. The maximum absolute atomic E-state index is 12.0. The zero-order chi connectivity index (χ0) is 21.0. The fourth-order valence-electron chi connectivity index (χ4n) is 3.99. The quantitative estimate of drug-likeness (QED) is 0.566. The molecule has 0 saturated carbocycles. The van der Waals surface area contributed by atoms with Gasteiger partial charge in [0, 0.05) is 36.6 Å². The molecular weight excluding hydrogens is 360 g/mol. The zero-order valence-corrected chi connectivity index (χ0v) is 17.7. The molecule has 0 aliphatic rings. The molecule has 0 fully saturated rings. The van der Waals surface area contributed by atoms with Crippen LogP contribution in [0, 0.1) is 20.8 Å². The normalized spacial score (nSPS) is 12.1. The third-order valence-corrected chi connectivity index (χ3v) is 5.67. The molecule has 2 N–H and O–H groups in total. The van der Waals surface area contributed by atoms with Crippen molar-refractivity contribution in [3.8, 4) is 0 Å². The summed E-state index contributed by atoms with van der Waals surface area (Å²) in [5.74, 6) is -0.498. The van der Waals surface area contributed by atoms with Crippen LogP contribution in [0.4, 0.5) is 0 Å². The van der Waals surface area contributed by atoms with Gasteiger partial charge in [-0.1, -0.05) is 67.1 Å². The Kier molecular flexibility index (Phi) is 6.55. The third kappa shape index (κ3) is 4.77. The highest BCUT2D eigenvalue weighted by molar-refractivity contribution is 5.91. The van der Waals surface area contributed by atoms with E-state index in [1.807, 2.05) is 38.1 Å². The predicted molar refractivity (Wildman–Crippen MR) is 118 cm³/mol. The van der Waals surface area contributed by atoms with E-state index in [9.17, 15) is 9.90 Å². The first kappa shape index (κ1) is 20.9. The Morgan fingerprint density at radius 2 is 1.76 bits per heavy atom. The zero-order valence-electron chi connectivity index (χ0n) is 17.7. The van der Waals surface area contributed by atoms with Gasteiger partial charge in [0.15, 0.2) is 0 Å². The van der Waals surface area contributed by atoms with Crippen LogP contribution >= 0.6 is 0 Å². The summed E-state index contributed by atoms with van der Waals surface area (Å²) in [6.07, 6.45) is 0. The number of carboxylic acid groups (broad SMARTS) is 1. The van der Waals surface area contributed by atoms with Crippen LogP contribution in [0.5, 0.6) is 0 Å². The van der Waals surface area contributed by atoms with Gasteiger partial charge in [-0.3, -0.25) is 0 Å². The summed E-state index contributed by atoms with van der Waals surface area (Å²) < 4.78 is 2.12. The van der Waals surface area contributed by atoms with Crippen molar-refractivity contribution in [2.24, 2.45) is 0 Å². The van der Waals surface area contributed by atoms with Crippen LogP contribution in [0.25, 0.3) is 0 Å². The molecule has 0 saturated heterocycles. The highest BCUT2D eigenvalue weighted by Crippen LogP contribution is 2.24. The topological polar surface area (TPSA) is 54.3 Å². The number of benzene rings is 2. The maximum atomic E-state index is 12.0. The van der Waals surface area contributed by atoms with Crippen molar-refractivity contribution in [1.82, 2.24) is 9.88 Å². The van der Waals surface area contributed by atoms with Gasteiger partial charge in [-0.2, -0.15) is 0 Å². The fourth-order valence-corrected chi connectivity index (χ4v) is 3.99. The van der Waals surface area contributed by atoms with E-state index in [4.69, 9.17) is 0 Å². The maximum Gasteiger partial charge on any atom is 0.337 e. The average Bonchev–Trinajstić information content (AvgIpc) is 2.93. The lowest BCUT2D eigenvalue weighted by atomic mass is 10.0. The molecule has 0 aliphatic carbocycles. The Morgan fingerprint density at radius 1 is 1.03 bits per heavy atom. The Labute approximate surface area is 173 Å². The van der Waals surface area contributed by atoms with Crippen LogP contribution in [0.2, 0.25) is 0 Å². The number of hydrogen-bond acceptors (Lipinski definition) is 2. The number of rotatable bonds is 8. The molecule has 3 rings (SSSR count). The van der Waals surface area contributed by atoms with Crippen LogP contribution in [0.3, 0.4) is 0 Å². The summed E-state index contributed by atoms with van der Waals surface area (Å²) in [5, 5.41) is 13.3. The Balaban J connectivity index is 1.79. The number of carbonyl (C=O) groups is 1. The molecule has 1 aromatic heterocycles. The number of nitrogens with one attached hydrogen (secondary N) is 1. The molecule has 0 amide bonds. The fraction of sp³-hybridized carbons (Fsp3) is 0.320. The van der Waals surface area contributed by atoms with E-state index >= 15 is 0 Å². The number of aryl methyl sites for hydroxylation is 1. The van der Waals surface area contributed by atoms with Gasteiger partial charge in [0.25, 0.3) is 0 Å². The molecule has 29 heavy (non-hydrogen) atoms. The molecular formula is C25H30N2O2. The molecule has 1 atom stereocenters. The standard InChI is InChI=1S/C25H30N2O2/c1-17-9-8-10-21(13-17)16-27-19(3)23(24(20(27)4)25(28)29)15-26-14-18(2)22-11-6-5-7-12-22/h5-13,18,26H,14-16H2,1-4H3,(H,28,29). The molecule has 4 heteroatoms. The van der Waals surface area contributed by atoms with Crippen molar-refractivity contribution in [2.45, 2.75) is 46.7 Å². The molecule has 0 radical (unpaired) electrons. The molecule has 0 aliphatic heterocycles. The lowest BCUT2D eigenvalue weighted by molar-refractivity contribution is 0.0694. The summed E-state index contributed by atoms with van der Waals surface area (Å²) in [5.41, 5.74) is 6.80. The van der Waals surface area contributed by atoms with Gasteiger partial charge in [-0.05, 0) is 37.8 Å². The molecule has 152 valence electrons. The second kappa shape index (κ2) is 9.10. The van der Waals surface area contributed by atoms with Crippen molar-refractivity contribution in [2.75, 3.05) is 6.54 Å². The lowest BCUT2D eigenvalue weighted by Crippen LogP contribution is -2.21. The Morgan fingerprint density at radius 3 is 2.41 bits per heavy atom. The van der Waals surface area contributed by atoms with Crippen molar-refractivity contribution < 1.29 is 9.90 Å². The van der Waals surface area contributed by atoms with Crippen LogP contribution in [0.15, 0.2) is 54.6 Å². The summed E-state index contributed by atoms with van der Waals surface area (Å²) >= 11 is 0. The smallest absolute Gasteiger partial charge is 0.337 e. The highest BCUT2D eigenvalue weighted by Gasteiger charge is 2.22. The van der Waals surface area contributed by atoms with Gasteiger partial charge in [0.05, 0.1) is 5.56 Å². The minimum Gasteiger partial charge on any atom is -0.478 e. The SMILES string of the molecule is Cc1cccc(Cn2c(C)c(CNCC(C)c3ccccc3)c(C(=O)O)c2C)c1. The molecule has 1 unspecified atom stereocenters. The van der Waals surface area contributed by atoms with Crippen LogP contribution in [-0.4, -0.2) is 22.2 Å². The Bertz CT molecular complexity index is 990. The molecule has 0 bridgehead atoms. The number of aromatic nitrogens is 1. The van der Waals surface area contributed by atoms with E-state index in [1.54, 1.807) is 0 Å². The van der Waals surface area contributed by atoms with Gasteiger partial charge in [0.1, 0.15) is 0 Å². The summed E-state index contributed by atoms with van der Waals surface area (Å²) in [6, 6.07) is 18.7. The predicted octanol–water partition coefficient (Wildman–Crippen LogP) is 5.05. The van der Waals surface area contributed by atoms with E-state index in [1.165, 1.54) is 16.7 Å². The number of nitrogens with zero attached hydrogens (tertiary/aromatic N) is 1. The van der Waals surface area contributed by atoms with Gasteiger partial charge in [-0.15, -0.1) is 0 Å². The second-order valence-corrected chi connectivity index (χ2v) is 7.85. The number of aromatic carboxylic acids is 1. The number of carboxylic acids is 1. The molecule has 0 spiro atoms. The third-order valence-electron chi connectivity index (χ3n) is 5.67. The van der Waals surface area contributed by atoms with Gasteiger partial charge >= 0.3 is 5.97 Å². The summed E-state index contributed by atoms with van der Waals surface area (Å²) in [6.45, 7) is 10.2. The second-order valence-electron chi connectivity index (χ2n) is 7.85. The minimum atomic E-state index is -0.860. The van der Waals surface area contributed by atoms with Crippen molar-refractivity contribution >= 4 is 5.97 Å². The largest absolute Gasteiger partial charge is 0.478 e. The van der Waals surface area contributed by atoms with Crippen molar-refractivity contribution in [3.05, 3.63) is 93.8 Å². The van der Waals surface area contributed by atoms with Gasteiger partial charge in [0.2, 0.25) is 0 Å². The first-order chi connectivity index (χ1) is 13.9. The summed E-state index contributed by atoms with van der Waals surface area (Å²) in [4.78, 5) is 12.0. The van der Waals surface area contributed by atoms with E-state index in [0.717, 1.165) is 23.5 Å². The first-order valence-electron chi connectivity index (χ1n) is 10.1. The van der Waals surface area contributed by atoms with E-state index in [2.05, 4.69) is 54.1 Å². The minimum absolute atomic E-state index is 0.361. The van der Waals surface area contributed by atoms with Crippen LogP contribution in [0.1, 0.15) is 56.8 Å². The molecule has 1 heterocycles. The van der Waals surface area contributed by atoms with Crippen molar-refractivity contribution in [3.63, 3.8) is 0 Å². The average molecular weight is 391 g/mol. The van der Waals surface area contributed by atoms with Gasteiger partial charge < -0.3 is 15.0 Å². The summed E-state index contributed by atoms with van der Waals surface area (Å²) in [7, 11) is 0. The van der Waals surface area contributed by atoms with E-state index < -0.39 is 5.97 Å². The van der Waals surface area contributed by atoms with E-state index in [-0.39, 0.29) is 0 Å². The van der Waals surface area contributed by atoms with Crippen LogP contribution in [-0.2, 0) is 13.1 Å². The first-order valence-corrected chi connectivity index (χ1v) is 10.1. The van der Waals surface area contributed by atoms with Crippen LogP contribution < -0.4 is 5.32 Å². The lowest BCUT2D eigenvalue weighted by Gasteiger charge is -2.14. The van der Waals surface area contributed by atoms with Crippen molar-refractivity contribution in [1.29, 1.82) is 0 Å². The van der Waals surface area contributed by atoms with Gasteiger partial charge in [-0.25, -0.2) is 4.79 Å². The molecule has 4 nitrogen and oxygen atoms in total. The Hall–Kier alpha value is -2.85. The number of hydrogen-bond donors (Lipinski definition) is 2. The monoisotopic (exact) mass is 390 g/mol. The van der Waals surface area contributed by atoms with E-state index in [0.29, 0.717) is 24.6 Å². The molecule has 3 aromatic rings. The molecule has 2 aromatic carbocycles.